The normalized spacial score (nSPS) is 45.7. The fourth-order valence-electron chi connectivity index (χ4n) is 2.98. The summed E-state index contributed by atoms with van der Waals surface area (Å²) in [6, 6.07) is 0. The van der Waals surface area contributed by atoms with Gasteiger partial charge in [0.1, 0.15) is 6.10 Å². The van der Waals surface area contributed by atoms with Crippen LogP contribution in [0.15, 0.2) is 0 Å². The molecule has 22 heavy (non-hydrogen) atoms. The lowest BCUT2D eigenvalue weighted by Gasteiger charge is -2.34. The second-order valence-electron chi connectivity index (χ2n) is 6.44. The Hall–Kier alpha value is -0.480. The van der Waals surface area contributed by atoms with Crippen LogP contribution in [0.2, 0.25) is 0 Å². The zero-order valence-electron chi connectivity index (χ0n) is 12.7. The molecule has 9 heteroatoms. The largest absolute Gasteiger partial charge is 0.415 e. The summed E-state index contributed by atoms with van der Waals surface area (Å²) in [4.78, 5) is 11.2. The van der Waals surface area contributed by atoms with E-state index >= 15 is 0 Å². The molecule has 0 radical (unpaired) electrons. The van der Waals surface area contributed by atoms with Gasteiger partial charge in [0.05, 0.1) is 6.61 Å². The van der Waals surface area contributed by atoms with Gasteiger partial charge in [0, 0.05) is 11.6 Å². The highest BCUT2D eigenvalue weighted by molar-refractivity contribution is 6.61. The summed E-state index contributed by atoms with van der Waals surface area (Å²) in [5.74, 6) is -3.95. The van der Waals surface area contributed by atoms with Gasteiger partial charge >= 0.3 is 5.43 Å². The van der Waals surface area contributed by atoms with E-state index in [0.29, 0.717) is 0 Å². The Labute approximate surface area is 132 Å². The summed E-state index contributed by atoms with van der Waals surface area (Å²) < 4.78 is 32.9. The topological polar surface area (TPSA) is 92.7 Å². The SMILES string of the molecule is CC1(C)OC[C@H]([C@H]2O[C@@H]3OC(C)(C)O[C@@H]3[C@]2(O)OC(=O)Cl)O1. The molecule has 3 rings (SSSR count). The van der Waals surface area contributed by atoms with Crippen molar-refractivity contribution >= 4 is 17.0 Å². The van der Waals surface area contributed by atoms with Crippen molar-refractivity contribution in [1.29, 1.82) is 0 Å². The van der Waals surface area contributed by atoms with Crippen molar-refractivity contribution in [2.75, 3.05) is 6.61 Å². The fraction of sp³-hybridized carbons (Fsp3) is 0.923. The Bertz CT molecular complexity index is 481. The maximum absolute atomic E-state index is 11.2. The summed E-state index contributed by atoms with van der Waals surface area (Å²) >= 11 is 5.29. The average molecular weight is 339 g/mol. The number of halogens is 1. The molecule has 0 unspecified atom stereocenters. The van der Waals surface area contributed by atoms with E-state index in [2.05, 4.69) is 0 Å². The molecule has 3 aliphatic rings. The minimum Gasteiger partial charge on any atom is -0.415 e. The Morgan fingerprint density at radius 3 is 2.36 bits per heavy atom. The summed E-state index contributed by atoms with van der Waals surface area (Å²) in [7, 11) is 0. The minimum absolute atomic E-state index is 0.155. The van der Waals surface area contributed by atoms with Crippen LogP contribution in [0.25, 0.3) is 0 Å². The molecule has 3 aliphatic heterocycles. The molecule has 0 aromatic carbocycles. The van der Waals surface area contributed by atoms with Crippen LogP contribution in [0.4, 0.5) is 4.79 Å². The predicted octanol–water partition coefficient (Wildman–Crippen LogP) is 1.08. The number of carbonyl (C=O) groups excluding carboxylic acids is 1. The van der Waals surface area contributed by atoms with E-state index in [-0.39, 0.29) is 6.61 Å². The third-order valence-corrected chi connectivity index (χ3v) is 3.84. The summed E-state index contributed by atoms with van der Waals surface area (Å²) in [5.41, 5.74) is -1.18. The number of ether oxygens (including phenoxy) is 6. The summed E-state index contributed by atoms with van der Waals surface area (Å²) in [6.45, 7) is 6.93. The first-order valence-electron chi connectivity index (χ1n) is 6.96. The number of rotatable bonds is 2. The highest BCUT2D eigenvalue weighted by Gasteiger charge is 2.68. The van der Waals surface area contributed by atoms with Crippen molar-refractivity contribution in [3.8, 4) is 0 Å². The second-order valence-corrected chi connectivity index (χ2v) is 6.75. The Kier molecular flexibility index (Phi) is 3.73. The van der Waals surface area contributed by atoms with Crippen LogP contribution in [-0.2, 0) is 28.4 Å². The first-order chi connectivity index (χ1) is 10.0. The molecule has 3 fully saturated rings. The van der Waals surface area contributed by atoms with Crippen LogP contribution < -0.4 is 0 Å². The van der Waals surface area contributed by atoms with Gasteiger partial charge in [0.25, 0.3) is 5.79 Å². The van der Waals surface area contributed by atoms with Gasteiger partial charge < -0.3 is 33.5 Å². The van der Waals surface area contributed by atoms with Crippen molar-refractivity contribution < 1.29 is 38.3 Å². The molecular weight excluding hydrogens is 320 g/mol. The Balaban J connectivity index is 1.86. The molecule has 126 valence electrons. The van der Waals surface area contributed by atoms with E-state index in [1.165, 1.54) is 0 Å². The first-order valence-corrected chi connectivity index (χ1v) is 7.34. The van der Waals surface area contributed by atoms with Crippen LogP contribution in [0.5, 0.6) is 0 Å². The van der Waals surface area contributed by atoms with Crippen LogP contribution >= 0.6 is 11.6 Å². The Morgan fingerprint density at radius 2 is 1.82 bits per heavy atom. The number of aliphatic hydroxyl groups is 1. The second kappa shape index (κ2) is 5.01. The van der Waals surface area contributed by atoms with Gasteiger partial charge in [0.2, 0.25) is 0 Å². The molecule has 0 saturated carbocycles. The van der Waals surface area contributed by atoms with Crippen LogP contribution in [0.1, 0.15) is 27.7 Å². The smallest absolute Gasteiger partial charge is 0.406 e. The van der Waals surface area contributed by atoms with Crippen molar-refractivity contribution in [3.63, 3.8) is 0 Å². The lowest BCUT2D eigenvalue weighted by Crippen LogP contribution is -2.56. The van der Waals surface area contributed by atoms with Gasteiger partial charge in [-0.15, -0.1) is 0 Å². The molecule has 3 heterocycles. The molecule has 0 bridgehead atoms. The molecule has 5 atom stereocenters. The molecule has 0 amide bonds. The van der Waals surface area contributed by atoms with Crippen LogP contribution in [0, 0.1) is 0 Å². The van der Waals surface area contributed by atoms with Crippen molar-refractivity contribution in [3.05, 3.63) is 0 Å². The highest BCUT2D eigenvalue weighted by Crippen LogP contribution is 2.46. The van der Waals surface area contributed by atoms with Crippen LogP contribution in [-0.4, -0.2) is 59.1 Å². The fourth-order valence-corrected chi connectivity index (χ4v) is 3.10. The molecule has 0 spiro atoms. The van der Waals surface area contributed by atoms with Gasteiger partial charge in [-0.25, -0.2) is 4.79 Å². The first kappa shape index (κ1) is 16.4. The van der Waals surface area contributed by atoms with Gasteiger partial charge in [0.15, 0.2) is 30.1 Å². The maximum Gasteiger partial charge on any atom is 0.406 e. The van der Waals surface area contributed by atoms with E-state index in [1.54, 1.807) is 27.7 Å². The summed E-state index contributed by atoms with van der Waals surface area (Å²) in [6.07, 6.45) is -3.67. The predicted molar refractivity (Wildman–Crippen MR) is 70.9 cm³/mol. The monoisotopic (exact) mass is 338 g/mol. The third kappa shape index (κ3) is 2.73. The third-order valence-electron chi connectivity index (χ3n) is 3.77. The molecule has 1 N–H and O–H groups in total. The molecule has 0 aromatic heterocycles. The van der Waals surface area contributed by atoms with E-state index in [9.17, 15) is 9.90 Å². The molecule has 8 nitrogen and oxygen atoms in total. The maximum atomic E-state index is 11.2. The van der Waals surface area contributed by atoms with E-state index < -0.39 is 47.4 Å². The van der Waals surface area contributed by atoms with Crippen LogP contribution in [0.3, 0.4) is 0 Å². The van der Waals surface area contributed by atoms with Gasteiger partial charge in [-0.1, -0.05) is 0 Å². The number of hydrogen-bond acceptors (Lipinski definition) is 8. The number of hydrogen-bond donors (Lipinski definition) is 1. The highest BCUT2D eigenvalue weighted by atomic mass is 35.5. The number of fused-ring (bicyclic) bond motifs is 1. The van der Waals surface area contributed by atoms with E-state index in [4.69, 9.17) is 40.0 Å². The molecule has 0 aromatic rings. The standard InChI is InChI=1S/C13H19ClO8/c1-11(2)17-5-6(19-11)7-13(16,22-10(14)15)8-9(18-7)21-12(3,4)20-8/h6-9,16H,5H2,1-4H3/t6-,7-,8+,9-,13-/m1/s1. The van der Waals surface area contributed by atoms with Gasteiger partial charge in [-0.3, -0.25) is 0 Å². The minimum atomic E-state index is -2.13. The lowest BCUT2D eigenvalue weighted by molar-refractivity contribution is -0.293. The zero-order chi connectivity index (χ0) is 16.3. The zero-order valence-corrected chi connectivity index (χ0v) is 13.5. The van der Waals surface area contributed by atoms with E-state index in [1.807, 2.05) is 0 Å². The van der Waals surface area contributed by atoms with Crippen molar-refractivity contribution in [2.24, 2.45) is 0 Å². The Morgan fingerprint density at radius 1 is 1.14 bits per heavy atom. The molecular formula is C13H19ClO8. The number of carbonyl (C=O) groups is 1. The summed E-state index contributed by atoms with van der Waals surface area (Å²) in [5, 5.41) is 10.9. The van der Waals surface area contributed by atoms with Gasteiger partial charge in [-0.05, 0) is 27.7 Å². The molecule has 3 saturated heterocycles. The van der Waals surface area contributed by atoms with Crippen molar-refractivity contribution in [1.82, 2.24) is 0 Å². The van der Waals surface area contributed by atoms with Crippen molar-refractivity contribution in [2.45, 2.75) is 69.7 Å². The lowest BCUT2D eigenvalue weighted by atomic mass is 10.0. The molecule has 0 aliphatic carbocycles. The average Bonchev–Trinajstić information content (AvgIpc) is 2.91. The quantitative estimate of drug-likeness (QED) is 0.590. The van der Waals surface area contributed by atoms with Gasteiger partial charge in [-0.2, -0.15) is 0 Å². The van der Waals surface area contributed by atoms with E-state index in [0.717, 1.165) is 0 Å².